The molecule has 0 radical (unpaired) electrons. The Balaban J connectivity index is 1.63. The summed E-state index contributed by atoms with van der Waals surface area (Å²) < 4.78 is 23.0. The summed E-state index contributed by atoms with van der Waals surface area (Å²) in [6.07, 6.45) is 0. The van der Waals surface area contributed by atoms with Crippen LogP contribution in [0, 0.1) is 0 Å². The summed E-state index contributed by atoms with van der Waals surface area (Å²) >= 11 is 12.3. The lowest BCUT2D eigenvalue weighted by Crippen LogP contribution is -2.13. The maximum Gasteiger partial charge on any atom is 0.255 e. The second-order valence-electron chi connectivity index (χ2n) is 7.39. The third kappa shape index (κ3) is 5.47. The van der Waals surface area contributed by atoms with Crippen LogP contribution < -0.4 is 19.5 Å². The number of nitrogens with zero attached hydrogens (tertiary/aromatic N) is 1. The summed E-state index contributed by atoms with van der Waals surface area (Å²) in [5.74, 6) is 1.39. The smallest absolute Gasteiger partial charge is 0.255 e. The number of hydrogen-bond donors (Lipinski definition) is 1. The summed E-state index contributed by atoms with van der Waals surface area (Å²) in [5.41, 5.74) is 2.59. The zero-order valence-electron chi connectivity index (χ0n) is 19.5. The van der Waals surface area contributed by atoms with E-state index in [1.807, 2.05) is 26.8 Å². The Morgan fingerprint density at radius 2 is 1.63 bits per heavy atom. The molecule has 0 saturated heterocycles. The number of anilines is 1. The molecule has 0 saturated carbocycles. The first-order valence-electron chi connectivity index (χ1n) is 11.2. The van der Waals surface area contributed by atoms with Crippen molar-refractivity contribution >= 4 is 45.9 Å². The minimum absolute atomic E-state index is 0.334. The number of rotatable bonds is 9. The Labute approximate surface area is 212 Å². The van der Waals surface area contributed by atoms with E-state index in [4.69, 9.17) is 41.8 Å². The Hall–Kier alpha value is -3.42. The van der Waals surface area contributed by atoms with E-state index < -0.39 is 0 Å². The molecule has 1 aromatic heterocycles. The summed E-state index contributed by atoms with van der Waals surface area (Å²) in [7, 11) is 0. The lowest BCUT2D eigenvalue weighted by atomic mass is 10.1. The molecule has 4 rings (SSSR count). The maximum absolute atomic E-state index is 13.1. The monoisotopic (exact) mass is 514 g/mol. The van der Waals surface area contributed by atoms with E-state index in [9.17, 15) is 4.79 Å². The molecule has 7 nitrogen and oxygen atoms in total. The maximum atomic E-state index is 13.1. The van der Waals surface area contributed by atoms with Gasteiger partial charge in [0.05, 0.1) is 24.8 Å². The van der Waals surface area contributed by atoms with Gasteiger partial charge in [-0.25, -0.2) is 4.98 Å². The van der Waals surface area contributed by atoms with Gasteiger partial charge in [0, 0.05) is 21.8 Å². The van der Waals surface area contributed by atoms with Gasteiger partial charge in [-0.15, -0.1) is 0 Å². The highest BCUT2D eigenvalue weighted by atomic mass is 35.5. The minimum Gasteiger partial charge on any atom is -0.490 e. The topological polar surface area (TPSA) is 82.8 Å². The molecule has 0 aliphatic rings. The molecule has 0 atom stereocenters. The summed E-state index contributed by atoms with van der Waals surface area (Å²) in [6, 6.07) is 13.7. The number of hydrogen-bond acceptors (Lipinski definition) is 6. The number of halogens is 2. The third-order valence-electron chi connectivity index (χ3n) is 4.95. The first-order chi connectivity index (χ1) is 16.9. The van der Waals surface area contributed by atoms with Gasteiger partial charge in [0.1, 0.15) is 5.52 Å². The van der Waals surface area contributed by atoms with Crippen LogP contribution in [0.25, 0.3) is 22.6 Å². The predicted octanol–water partition coefficient (Wildman–Crippen LogP) is 7.25. The van der Waals surface area contributed by atoms with Crippen LogP contribution in [0.3, 0.4) is 0 Å². The minimum atomic E-state index is -0.334. The number of aromatic nitrogens is 1. The van der Waals surface area contributed by atoms with Crippen molar-refractivity contribution in [2.75, 3.05) is 25.1 Å². The van der Waals surface area contributed by atoms with Gasteiger partial charge >= 0.3 is 0 Å². The number of oxazole rings is 1. The van der Waals surface area contributed by atoms with Crippen LogP contribution in [0.1, 0.15) is 31.1 Å². The lowest BCUT2D eigenvalue weighted by molar-refractivity contribution is 0.102. The Morgan fingerprint density at radius 3 is 2.29 bits per heavy atom. The second kappa shape index (κ2) is 10.9. The van der Waals surface area contributed by atoms with Crippen LogP contribution in [-0.2, 0) is 0 Å². The normalized spacial score (nSPS) is 10.9. The molecule has 0 spiro atoms. The molecule has 0 fully saturated rings. The van der Waals surface area contributed by atoms with Crippen LogP contribution in [0.5, 0.6) is 17.2 Å². The molecule has 3 aromatic carbocycles. The van der Waals surface area contributed by atoms with Crippen LogP contribution in [0.2, 0.25) is 10.0 Å². The third-order valence-corrected chi connectivity index (χ3v) is 5.45. The first kappa shape index (κ1) is 24.7. The van der Waals surface area contributed by atoms with Gasteiger partial charge in [-0.3, -0.25) is 4.79 Å². The SMILES string of the molecule is CCOc1cc(C(=O)Nc2cccc(-c3nc4cc(Cl)cc(Cl)c4o3)c2)cc(OCC)c1OCC. The number of ether oxygens (including phenoxy) is 3. The molecule has 0 unspecified atom stereocenters. The highest BCUT2D eigenvalue weighted by Gasteiger charge is 2.19. The second-order valence-corrected chi connectivity index (χ2v) is 8.23. The van der Waals surface area contributed by atoms with Crippen molar-refractivity contribution in [3.8, 4) is 28.7 Å². The molecular formula is C26H24Cl2N2O5. The zero-order valence-corrected chi connectivity index (χ0v) is 21.0. The van der Waals surface area contributed by atoms with Gasteiger partial charge in [-0.2, -0.15) is 0 Å². The highest BCUT2D eigenvalue weighted by molar-refractivity contribution is 6.38. The average Bonchev–Trinajstić information content (AvgIpc) is 3.26. The quantitative estimate of drug-likeness (QED) is 0.253. The van der Waals surface area contributed by atoms with Crippen molar-refractivity contribution in [1.29, 1.82) is 0 Å². The van der Waals surface area contributed by atoms with E-state index in [1.54, 1.807) is 42.5 Å². The average molecular weight is 515 g/mol. The fourth-order valence-corrected chi connectivity index (χ4v) is 4.06. The fraction of sp³-hybridized carbons (Fsp3) is 0.231. The van der Waals surface area contributed by atoms with Gasteiger partial charge in [-0.1, -0.05) is 29.3 Å². The Kier molecular flexibility index (Phi) is 7.68. The zero-order chi connectivity index (χ0) is 24.9. The summed E-state index contributed by atoms with van der Waals surface area (Å²) in [6.45, 7) is 6.87. The molecule has 9 heteroatoms. The Bertz CT molecular complexity index is 1340. The van der Waals surface area contributed by atoms with E-state index >= 15 is 0 Å². The molecule has 35 heavy (non-hydrogen) atoms. The molecule has 0 aliphatic carbocycles. The highest BCUT2D eigenvalue weighted by Crippen LogP contribution is 2.39. The number of fused-ring (bicyclic) bond motifs is 1. The van der Waals surface area contributed by atoms with Crippen molar-refractivity contribution in [1.82, 2.24) is 4.98 Å². The molecule has 182 valence electrons. The largest absolute Gasteiger partial charge is 0.490 e. The van der Waals surface area contributed by atoms with Crippen molar-refractivity contribution in [3.05, 3.63) is 64.1 Å². The molecule has 1 amide bonds. The molecule has 1 heterocycles. The number of amides is 1. The van der Waals surface area contributed by atoms with Gasteiger partial charge < -0.3 is 23.9 Å². The predicted molar refractivity (Wildman–Crippen MR) is 137 cm³/mol. The molecule has 1 N–H and O–H groups in total. The van der Waals surface area contributed by atoms with Crippen LogP contribution in [-0.4, -0.2) is 30.7 Å². The number of carbonyl (C=O) groups is 1. The number of nitrogens with one attached hydrogen (secondary N) is 1. The lowest BCUT2D eigenvalue weighted by Gasteiger charge is -2.17. The molecule has 0 aliphatic heterocycles. The summed E-state index contributed by atoms with van der Waals surface area (Å²) in [4.78, 5) is 17.6. The standard InChI is InChI=1S/C26H24Cl2N2O5/c1-4-32-21-11-16(12-22(33-5-2)24(21)34-6-3)25(31)29-18-9-7-8-15(10-18)26-30-20-14-17(27)13-19(28)23(20)35-26/h7-14H,4-6H2,1-3H3,(H,29,31). The summed E-state index contributed by atoms with van der Waals surface area (Å²) in [5, 5.41) is 3.75. The first-order valence-corrected chi connectivity index (χ1v) is 11.9. The van der Waals surface area contributed by atoms with E-state index in [-0.39, 0.29) is 5.91 Å². The number of benzene rings is 3. The van der Waals surface area contributed by atoms with Crippen LogP contribution in [0.15, 0.2) is 52.9 Å². The van der Waals surface area contributed by atoms with Crippen molar-refractivity contribution in [2.24, 2.45) is 0 Å². The van der Waals surface area contributed by atoms with Crippen molar-refractivity contribution in [2.45, 2.75) is 20.8 Å². The van der Waals surface area contributed by atoms with Crippen molar-refractivity contribution < 1.29 is 23.4 Å². The van der Waals surface area contributed by atoms with Crippen LogP contribution >= 0.6 is 23.2 Å². The van der Waals surface area contributed by atoms with E-state index in [0.29, 0.717) is 80.9 Å². The van der Waals surface area contributed by atoms with Gasteiger partial charge in [0.2, 0.25) is 11.6 Å². The van der Waals surface area contributed by atoms with E-state index in [0.717, 1.165) is 0 Å². The van der Waals surface area contributed by atoms with E-state index in [2.05, 4.69) is 10.3 Å². The van der Waals surface area contributed by atoms with Gasteiger partial charge in [0.15, 0.2) is 17.1 Å². The number of carbonyl (C=O) groups excluding carboxylic acids is 1. The van der Waals surface area contributed by atoms with Gasteiger partial charge in [-0.05, 0) is 63.2 Å². The molecule has 4 aromatic rings. The van der Waals surface area contributed by atoms with E-state index in [1.165, 1.54) is 0 Å². The van der Waals surface area contributed by atoms with Crippen molar-refractivity contribution in [3.63, 3.8) is 0 Å². The molecular weight excluding hydrogens is 491 g/mol. The van der Waals surface area contributed by atoms with Gasteiger partial charge in [0.25, 0.3) is 5.91 Å². The Morgan fingerprint density at radius 1 is 0.943 bits per heavy atom. The fourth-order valence-electron chi connectivity index (χ4n) is 3.54. The van der Waals surface area contributed by atoms with Crippen LogP contribution in [0.4, 0.5) is 5.69 Å². The molecule has 0 bridgehead atoms.